The fraction of sp³-hybridized carbons (Fsp3) is 0.615. The largest absolute Gasteiger partial charge is 0.389 e. The van der Waals surface area contributed by atoms with E-state index < -0.39 is 6.10 Å². The first-order chi connectivity index (χ1) is 9.22. The third-order valence-electron chi connectivity index (χ3n) is 2.37. The monoisotopic (exact) mass is 286 g/mol. The molecular weight excluding hydrogens is 264 g/mol. The molecule has 0 aliphatic carbocycles. The van der Waals surface area contributed by atoms with Crippen LogP contribution < -0.4 is 10.6 Å². The fourth-order valence-electron chi connectivity index (χ4n) is 1.43. The van der Waals surface area contributed by atoms with Crippen LogP contribution in [-0.4, -0.2) is 43.4 Å². The Morgan fingerprint density at radius 3 is 3.11 bits per heavy atom. The van der Waals surface area contributed by atoms with Crippen LogP contribution in [0.25, 0.3) is 0 Å². The molecule has 0 bridgehead atoms. The molecule has 5 nitrogen and oxygen atoms in total. The number of hydrogen-bond acceptors (Lipinski definition) is 5. The molecule has 1 aromatic heterocycles. The molecule has 0 aliphatic heterocycles. The predicted molar refractivity (Wildman–Crippen MR) is 76.2 cm³/mol. The van der Waals surface area contributed by atoms with E-state index in [4.69, 9.17) is 4.74 Å². The molecule has 19 heavy (non-hydrogen) atoms. The fourth-order valence-corrected chi connectivity index (χ4v) is 2.07. The number of aliphatic hydroxyl groups is 1. The van der Waals surface area contributed by atoms with Gasteiger partial charge in [0.25, 0.3) is 0 Å². The number of amides is 1. The standard InChI is InChI=1S/C13H22N2O3S/c1-2-5-15-13(17)8-14-7-11(16)9-18-10-12-4-3-6-19-12/h3-4,6,11,14,16H,2,5,7-10H2,1H3,(H,15,17). The topological polar surface area (TPSA) is 70.6 Å². The Labute approximate surface area is 118 Å². The molecule has 6 heteroatoms. The van der Waals surface area contributed by atoms with Gasteiger partial charge in [0.2, 0.25) is 5.91 Å². The second-order valence-electron chi connectivity index (χ2n) is 4.23. The second kappa shape index (κ2) is 9.91. The number of carbonyl (C=O) groups excluding carboxylic acids is 1. The minimum atomic E-state index is -0.598. The lowest BCUT2D eigenvalue weighted by molar-refractivity contribution is -0.120. The van der Waals surface area contributed by atoms with E-state index in [9.17, 15) is 9.90 Å². The molecule has 1 amide bonds. The van der Waals surface area contributed by atoms with E-state index in [1.165, 1.54) is 0 Å². The van der Waals surface area contributed by atoms with Gasteiger partial charge in [0.15, 0.2) is 0 Å². The maximum atomic E-state index is 11.3. The van der Waals surface area contributed by atoms with Crippen LogP contribution in [0.5, 0.6) is 0 Å². The molecule has 0 saturated heterocycles. The molecule has 1 atom stereocenters. The van der Waals surface area contributed by atoms with Crippen molar-refractivity contribution in [3.05, 3.63) is 22.4 Å². The van der Waals surface area contributed by atoms with Crippen molar-refractivity contribution >= 4 is 17.2 Å². The van der Waals surface area contributed by atoms with Gasteiger partial charge >= 0.3 is 0 Å². The number of aliphatic hydroxyl groups excluding tert-OH is 1. The van der Waals surface area contributed by atoms with Crippen LogP contribution in [0.1, 0.15) is 18.2 Å². The normalized spacial score (nSPS) is 12.3. The van der Waals surface area contributed by atoms with E-state index in [1.54, 1.807) is 11.3 Å². The van der Waals surface area contributed by atoms with E-state index in [0.717, 1.165) is 11.3 Å². The van der Waals surface area contributed by atoms with Crippen molar-refractivity contribution in [2.75, 3.05) is 26.2 Å². The van der Waals surface area contributed by atoms with E-state index in [1.807, 2.05) is 24.4 Å². The van der Waals surface area contributed by atoms with Crippen LogP contribution >= 0.6 is 11.3 Å². The van der Waals surface area contributed by atoms with Crippen molar-refractivity contribution < 1.29 is 14.6 Å². The Morgan fingerprint density at radius 1 is 1.58 bits per heavy atom. The average molecular weight is 286 g/mol. The van der Waals surface area contributed by atoms with E-state index in [2.05, 4.69) is 10.6 Å². The maximum Gasteiger partial charge on any atom is 0.233 e. The Balaban J connectivity index is 1.98. The van der Waals surface area contributed by atoms with Crippen LogP contribution in [-0.2, 0) is 16.1 Å². The first-order valence-electron chi connectivity index (χ1n) is 6.48. The summed E-state index contributed by atoms with van der Waals surface area (Å²) in [5.41, 5.74) is 0. The summed E-state index contributed by atoms with van der Waals surface area (Å²) in [6.45, 7) is 4.05. The Hall–Kier alpha value is -0.950. The number of thiophene rings is 1. The quantitative estimate of drug-likeness (QED) is 0.593. The van der Waals surface area contributed by atoms with Gasteiger partial charge in [-0.2, -0.15) is 0 Å². The Bertz CT molecular complexity index is 344. The van der Waals surface area contributed by atoms with Crippen LogP contribution in [0, 0.1) is 0 Å². The van der Waals surface area contributed by atoms with Crippen molar-refractivity contribution in [1.29, 1.82) is 0 Å². The number of nitrogens with one attached hydrogen (secondary N) is 2. The zero-order chi connectivity index (χ0) is 13.9. The summed E-state index contributed by atoms with van der Waals surface area (Å²) in [6.07, 6.45) is 0.323. The number of carbonyl (C=O) groups is 1. The molecule has 0 aliphatic rings. The van der Waals surface area contributed by atoms with Crippen LogP contribution in [0.15, 0.2) is 17.5 Å². The Morgan fingerprint density at radius 2 is 2.42 bits per heavy atom. The summed E-state index contributed by atoms with van der Waals surface area (Å²) in [6, 6.07) is 3.96. The summed E-state index contributed by atoms with van der Waals surface area (Å²) in [7, 11) is 0. The number of ether oxygens (including phenoxy) is 1. The lowest BCUT2D eigenvalue weighted by atomic mass is 10.3. The van der Waals surface area contributed by atoms with Gasteiger partial charge in [0.05, 0.1) is 25.9 Å². The molecule has 1 aromatic rings. The van der Waals surface area contributed by atoms with E-state index in [-0.39, 0.29) is 19.1 Å². The minimum absolute atomic E-state index is 0.0476. The molecule has 0 radical (unpaired) electrons. The zero-order valence-corrected chi connectivity index (χ0v) is 12.0. The van der Waals surface area contributed by atoms with Gasteiger partial charge in [-0.3, -0.25) is 4.79 Å². The van der Waals surface area contributed by atoms with Crippen LogP contribution in [0.3, 0.4) is 0 Å². The average Bonchev–Trinajstić information content (AvgIpc) is 2.89. The lowest BCUT2D eigenvalue weighted by Gasteiger charge is -2.12. The molecule has 1 rings (SSSR count). The Kier molecular flexibility index (Phi) is 8.40. The molecular formula is C13H22N2O3S. The first-order valence-corrected chi connectivity index (χ1v) is 7.36. The molecule has 0 fully saturated rings. The third kappa shape index (κ3) is 7.94. The summed E-state index contributed by atoms with van der Waals surface area (Å²) < 4.78 is 5.38. The van der Waals surface area contributed by atoms with Crippen molar-refractivity contribution in [3.63, 3.8) is 0 Å². The van der Waals surface area contributed by atoms with Gasteiger partial charge < -0.3 is 20.5 Å². The molecule has 1 heterocycles. The highest BCUT2D eigenvalue weighted by molar-refractivity contribution is 7.09. The molecule has 0 aromatic carbocycles. The van der Waals surface area contributed by atoms with Gasteiger partial charge in [0.1, 0.15) is 0 Å². The lowest BCUT2D eigenvalue weighted by Crippen LogP contribution is -2.38. The van der Waals surface area contributed by atoms with Crippen LogP contribution in [0.2, 0.25) is 0 Å². The van der Waals surface area contributed by atoms with Gasteiger partial charge in [-0.15, -0.1) is 11.3 Å². The smallest absolute Gasteiger partial charge is 0.233 e. The zero-order valence-electron chi connectivity index (χ0n) is 11.2. The highest BCUT2D eigenvalue weighted by Crippen LogP contribution is 2.09. The highest BCUT2D eigenvalue weighted by Gasteiger charge is 2.06. The van der Waals surface area contributed by atoms with E-state index in [0.29, 0.717) is 19.7 Å². The molecule has 1 unspecified atom stereocenters. The predicted octanol–water partition coefficient (Wildman–Crippen LogP) is 0.741. The summed E-state index contributed by atoms with van der Waals surface area (Å²) in [4.78, 5) is 12.4. The first kappa shape index (κ1) is 16.1. The van der Waals surface area contributed by atoms with Crippen molar-refractivity contribution in [2.45, 2.75) is 26.1 Å². The van der Waals surface area contributed by atoms with Gasteiger partial charge in [-0.25, -0.2) is 0 Å². The molecule has 3 N–H and O–H groups in total. The molecule has 108 valence electrons. The summed E-state index contributed by atoms with van der Waals surface area (Å²) >= 11 is 1.63. The minimum Gasteiger partial charge on any atom is -0.389 e. The SMILES string of the molecule is CCCNC(=O)CNCC(O)COCc1cccs1. The highest BCUT2D eigenvalue weighted by atomic mass is 32.1. The van der Waals surface area contributed by atoms with Crippen molar-refractivity contribution in [2.24, 2.45) is 0 Å². The second-order valence-corrected chi connectivity index (χ2v) is 5.26. The van der Waals surface area contributed by atoms with Crippen LogP contribution in [0.4, 0.5) is 0 Å². The summed E-state index contributed by atoms with van der Waals surface area (Å²) in [5, 5.41) is 17.3. The third-order valence-corrected chi connectivity index (χ3v) is 3.22. The molecule has 0 saturated carbocycles. The maximum absolute atomic E-state index is 11.3. The summed E-state index contributed by atoms with van der Waals surface area (Å²) in [5.74, 6) is -0.0476. The van der Waals surface area contributed by atoms with Crippen molar-refractivity contribution in [1.82, 2.24) is 10.6 Å². The van der Waals surface area contributed by atoms with E-state index >= 15 is 0 Å². The molecule has 0 spiro atoms. The number of rotatable bonds is 10. The van der Waals surface area contributed by atoms with Crippen molar-refractivity contribution in [3.8, 4) is 0 Å². The number of hydrogen-bond donors (Lipinski definition) is 3. The van der Waals surface area contributed by atoms with Gasteiger partial charge in [0, 0.05) is 18.0 Å². The van der Waals surface area contributed by atoms with Gasteiger partial charge in [-0.05, 0) is 17.9 Å². The van der Waals surface area contributed by atoms with Gasteiger partial charge in [-0.1, -0.05) is 13.0 Å².